The molecule has 0 amide bonds. The van der Waals surface area contributed by atoms with Gasteiger partial charge in [-0.1, -0.05) is 25.1 Å². The van der Waals surface area contributed by atoms with Crippen LogP contribution in [0.1, 0.15) is 30.0 Å². The molecule has 5 heteroatoms. The first-order chi connectivity index (χ1) is 11.5. The number of benzene rings is 1. The van der Waals surface area contributed by atoms with Crippen molar-refractivity contribution >= 4 is 11.3 Å². The van der Waals surface area contributed by atoms with Gasteiger partial charge in [-0.3, -0.25) is 4.68 Å². The number of hydrogen-bond donors (Lipinski definition) is 2. The average Bonchev–Trinajstić information content (AvgIpc) is 3.01. The van der Waals surface area contributed by atoms with Crippen LogP contribution in [0.5, 0.6) is 0 Å². The van der Waals surface area contributed by atoms with Gasteiger partial charge in [0.1, 0.15) is 0 Å². The zero-order valence-electron chi connectivity index (χ0n) is 14.7. The lowest BCUT2D eigenvalue weighted by Gasteiger charge is -2.12. The summed E-state index contributed by atoms with van der Waals surface area (Å²) in [7, 11) is 0. The van der Waals surface area contributed by atoms with E-state index in [0.29, 0.717) is 25.7 Å². The van der Waals surface area contributed by atoms with Crippen LogP contribution >= 0.6 is 0 Å². The van der Waals surface area contributed by atoms with Crippen LogP contribution in [0.25, 0.3) is 5.57 Å². The molecule has 1 atom stereocenters. The van der Waals surface area contributed by atoms with E-state index in [9.17, 15) is 0 Å². The Bertz CT molecular complexity index is 678. The standard InChI is InChI=1S/C19H28N4O/c1-14-5-6-19(21)18(9-14)16(3)17-10-22-23(12-17)11-15(2)13-24-8-4-7-20/h5-6,9-10,12,15H,3-4,7-8,11,13,20-21H2,1-2H3. The van der Waals surface area contributed by atoms with Crippen LogP contribution in [0.15, 0.2) is 37.2 Å². The monoisotopic (exact) mass is 328 g/mol. The third-order valence-electron chi connectivity index (χ3n) is 3.91. The van der Waals surface area contributed by atoms with E-state index in [2.05, 4.69) is 24.7 Å². The first-order valence-electron chi connectivity index (χ1n) is 8.37. The fourth-order valence-electron chi connectivity index (χ4n) is 2.55. The van der Waals surface area contributed by atoms with Crippen molar-refractivity contribution in [3.05, 3.63) is 53.9 Å². The molecule has 0 radical (unpaired) electrons. The Kier molecular flexibility index (Phi) is 6.58. The Morgan fingerprint density at radius 3 is 2.96 bits per heavy atom. The van der Waals surface area contributed by atoms with Crippen molar-refractivity contribution in [1.82, 2.24) is 9.78 Å². The van der Waals surface area contributed by atoms with Crippen LogP contribution in [0.2, 0.25) is 0 Å². The first kappa shape index (κ1) is 18.2. The van der Waals surface area contributed by atoms with Crippen LogP contribution in [0.4, 0.5) is 5.69 Å². The summed E-state index contributed by atoms with van der Waals surface area (Å²) >= 11 is 0. The number of anilines is 1. The van der Waals surface area contributed by atoms with Crippen molar-refractivity contribution in [2.45, 2.75) is 26.8 Å². The SMILES string of the molecule is C=C(c1cnn(CC(C)COCCCN)c1)c1cc(C)ccc1N. The number of aryl methyl sites for hydroxylation is 1. The number of ether oxygens (including phenoxy) is 1. The van der Waals surface area contributed by atoms with Crippen molar-refractivity contribution < 1.29 is 4.74 Å². The fraction of sp³-hybridized carbons (Fsp3) is 0.421. The molecule has 5 nitrogen and oxygen atoms in total. The summed E-state index contributed by atoms with van der Waals surface area (Å²) in [4.78, 5) is 0. The second-order valence-corrected chi connectivity index (χ2v) is 6.34. The van der Waals surface area contributed by atoms with E-state index in [4.69, 9.17) is 16.2 Å². The zero-order chi connectivity index (χ0) is 17.5. The highest BCUT2D eigenvalue weighted by molar-refractivity contribution is 5.83. The minimum absolute atomic E-state index is 0.382. The largest absolute Gasteiger partial charge is 0.398 e. The predicted octanol–water partition coefficient (Wildman–Crippen LogP) is 2.84. The van der Waals surface area contributed by atoms with E-state index in [1.807, 2.05) is 36.1 Å². The molecule has 0 fully saturated rings. The van der Waals surface area contributed by atoms with Crippen molar-refractivity contribution in [3.8, 4) is 0 Å². The molecular weight excluding hydrogens is 300 g/mol. The number of nitrogens with zero attached hydrogens (tertiary/aromatic N) is 2. The summed E-state index contributed by atoms with van der Waals surface area (Å²) in [5.41, 5.74) is 16.3. The van der Waals surface area contributed by atoms with Crippen molar-refractivity contribution in [1.29, 1.82) is 0 Å². The number of nitrogen functional groups attached to an aromatic ring is 1. The number of nitrogens with two attached hydrogens (primary N) is 2. The molecule has 130 valence electrons. The molecule has 0 aliphatic rings. The summed E-state index contributed by atoms with van der Waals surface area (Å²) in [5.74, 6) is 0.382. The van der Waals surface area contributed by atoms with Crippen LogP contribution in [0.3, 0.4) is 0 Å². The average molecular weight is 328 g/mol. The van der Waals surface area contributed by atoms with Crippen LogP contribution in [-0.2, 0) is 11.3 Å². The summed E-state index contributed by atoms with van der Waals surface area (Å²) in [5, 5.41) is 4.44. The summed E-state index contributed by atoms with van der Waals surface area (Å²) in [6.45, 7) is 11.3. The molecular formula is C19H28N4O. The van der Waals surface area contributed by atoms with Gasteiger partial charge < -0.3 is 16.2 Å². The maximum Gasteiger partial charge on any atom is 0.0568 e. The van der Waals surface area contributed by atoms with Gasteiger partial charge in [0.05, 0.1) is 12.8 Å². The Morgan fingerprint density at radius 1 is 1.42 bits per heavy atom. The van der Waals surface area contributed by atoms with Gasteiger partial charge in [-0.05, 0) is 43.5 Å². The molecule has 1 unspecified atom stereocenters. The summed E-state index contributed by atoms with van der Waals surface area (Å²) in [6.07, 6.45) is 4.75. The van der Waals surface area contributed by atoms with Gasteiger partial charge >= 0.3 is 0 Å². The van der Waals surface area contributed by atoms with E-state index in [0.717, 1.165) is 40.9 Å². The lowest BCUT2D eigenvalue weighted by atomic mass is 9.99. The molecule has 1 aromatic heterocycles. The Hall–Kier alpha value is -2.11. The van der Waals surface area contributed by atoms with E-state index in [1.54, 1.807) is 0 Å². The fourth-order valence-corrected chi connectivity index (χ4v) is 2.55. The maximum atomic E-state index is 6.08. The van der Waals surface area contributed by atoms with E-state index in [1.165, 1.54) is 0 Å². The molecule has 4 N–H and O–H groups in total. The molecule has 0 spiro atoms. The third kappa shape index (κ3) is 4.94. The molecule has 0 bridgehead atoms. The van der Waals surface area contributed by atoms with Crippen LogP contribution in [-0.4, -0.2) is 29.5 Å². The molecule has 1 aromatic carbocycles. The molecule has 2 aromatic rings. The van der Waals surface area contributed by atoms with Gasteiger partial charge in [0, 0.05) is 36.2 Å². The van der Waals surface area contributed by atoms with Gasteiger partial charge in [-0.2, -0.15) is 5.10 Å². The smallest absolute Gasteiger partial charge is 0.0568 e. The van der Waals surface area contributed by atoms with Crippen molar-refractivity contribution in [2.24, 2.45) is 11.7 Å². The summed E-state index contributed by atoms with van der Waals surface area (Å²) < 4.78 is 7.54. The quantitative estimate of drug-likeness (QED) is 0.548. The highest BCUT2D eigenvalue weighted by Crippen LogP contribution is 2.27. The molecule has 0 saturated heterocycles. The highest BCUT2D eigenvalue weighted by atomic mass is 16.5. The Balaban J connectivity index is 1.97. The topological polar surface area (TPSA) is 79.1 Å². The van der Waals surface area contributed by atoms with Crippen LogP contribution < -0.4 is 11.5 Å². The number of rotatable bonds is 9. The minimum atomic E-state index is 0.382. The van der Waals surface area contributed by atoms with Gasteiger partial charge in [-0.15, -0.1) is 0 Å². The lowest BCUT2D eigenvalue weighted by Crippen LogP contribution is -2.15. The molecule has 0 aliphatic heterocycles. The number of aromatic nitrogens is 2. The van der Waals surface area contributed by atoms with Gasteiger partial charge in [0.15, 0.2) is 0 Å². The Morgan fingerprint density at radius 2 is 2.21 bits per heavy atom. The highest BCUT2D eigenvalue weighted by Gasteiger charge is 2.10. The lowest BCUT2D eigenvalue weighted by molar-refractivity contribution is 0.0971. The van der Waals surface area contributed by atoms with Crippen molar-refractivity contribution in [3.63, 3.8) is 0 Å². The second-order valence-electron chi connectivity index (χ2n) is 6.34. The minimum Gasteiger partial charge on any atom is -0.398 e. The van der Waals surface area contributed by atoms with E-state index < -0.39 is 0 Å². The molecule has 0 aliphatic carbocycles. The maximum absolute atomic E-state index is 6.08. The first-order valence-corrected chi connectivity index (χ1v) is 8.37. The molecule has 2 rings (SSSR count). The van der Waals surface area contributed by atoms with E-state index in [-0.39, 0.29) is 0 Å². The second kappa shape index (κ2) is 8.66. The third-order valence-corrected chi connectivity index (χ3v) is 3.91. The number of hydrogen-bond acceptors (Lipinski definition) is 4. The molecule has 0 saturated carbocycles. The van der Waals surface area contributed by atoms with Crippen molar-refractivity contribution in [2.75, 3.05) is 25.5 Å². The Labute approximate surface area is 144 Å². The predicted molar refractivity (Wildman–Crippen MR) is 99.6 cm³/mol. The summed E-state index contributed by atoms with van der Waals surface area (Å²) in [6, 6.07) is 5.98. The van der Waals surface area contributed by atoms with Gasteiger partial charge in [-0.25, -0.2) is 0 Å². The van der Waals surface area contributed by atoms with Crippen LogP contribution in [0, 0.1) is 12.8 Å². The van der Waals surface area contributed by atoms with Gasteiger partial charge in [0.2, 0.25) is 0 Å². The molecule has 24 heavy (non-hydrogen) atoms. The molecule has 1 heterocycles. The zero-order valence-corrected chi connectivity index (χ0v) is 14.7. The van der Waals surface area contributed by atoms with E-state index >= 15 is 0 Å². The normalized spacial score (nSPS) is 12.3. The van der Waals surface area contributed by atoms with Gasteiger partial charge in [0.25, 0.3) is 0 Å².